The maximum atomic E-state index is 12.5. The molecule has 2 aromatic carbocycles. The van der Waals surface area contributed by atoms with Gasteiger partial charge in [0.1, 0.15) is 23.1 Å². The van der Waals surface area contributed by atoms with Gasteiger partial charge in [-0.1, -0.05) is 11.6 Å². The summed E-state index contributed by atoms with van der Waals surface area (Å²) < 4.78 is 7.42. The molecule has 30 heavy (non-hydrogen) atoms. The minimum absolute atomic E-state index is 0.0404. The maximum Gasteiger partial charge on any atom is 0.266 e. The lowest BCUT2D eigenvalue weighted by atomic mass is 10.1. The van der Waals surface area contributed by atoms with Crippen LogP contribution in [0.3, 0.4) is 0 Å². The van der Waals surface area contributed by atoms with Gasteiger partial charge in [0, 0.05) is 22.1 Å². The van der Waals surface area contributed by atoms with E-state index in [2.05, 4.69) is 5.32 Å². The van der Waals surface area contributed by atoms with Crippen molar-refractivity contribution in [2.24, 2.45) is 0 Å². The lowest BCUT2D eigenvalue weighted by molar-refractivity contribution is -0.112. The molecule has 0 unspecified atom stereocenters. The molecule has 0 aliphatic rings. The van der Waals surface area contributed by atoms with E-state index in [1.807, 2.05) is 30.6 Å². The standard InChI is InChI=1S/C23H20ClN3O3/c1-14-10-16(15(2)27(14)21-12-18(24)4-9-22(21)30-3)11-17(13-25)23(29)26-19-5-7-20(28)8-6-19/h4-12,28H,1-3H3,(H,26,29). The van der Waals surface area contributed by atoms with Gasteiger partial charge in [0.25, 0.3) is 5.91 Å². The van der Waals surface area contributed by atoms with E-state index in [4.69, 9.17) is 16.3 Å². The summed E-state index contributed by atoms with van der Waals surface area (Å²) >= 11 is 6.18. The quantitative estimate of drug-likeness (QED) is 0.344. The molecule has 1 aromatic heterocycles. The Kier molecular flexibility index (Phi) is 6.14. The second-order valence-corrected chi connectivity index (χ2v) is 7.09. The topological polar surface area (TPSA) is 87.3 Å². The molecule has 6 nitrogen and oxygen atoms in total. The Labute approximate surface area is 179 Å². The number of benzene rings is 2. The highest BCUT2D eigenvalue weighted by molar-refractivity contribution is 6.30. The molecule has 0 atom stereocenters. The molecule has 1 heterocycles. The lowest BCUT2D eigenvalue weighted by Gasteiger charge is -2.14. The molecule has 0 saturated heterocycles. The molecule has 2 N–H and O–H groups in total. The van der Waals surface area contributed by atoms with Crippen LogP contribution in [-0.2, 0) is 4.79 Å². The summed E-state index contributed by atoms with van der Waals surface area (Å²) in [5, 5.41) is 22.1. The van der Waals surface area contributed by atoms with E-state index >= 15 is 0 Å². The number of methoxy groups -OCH3 is 1. The monoisotopic (exact) mass is 421 g/mol. The molecule has 152 valence electrons. The predicted octanol–water partition coefficient (Wildman–Crippen LogP) is 5.01. The number of aromatic nitrogens is 1. The molecule has 0 fully saturated rings. The van der Waals surface area contributed by atoms with E-state index in [1.165, 1.54) is 12.1 Å². The van der Waals surface area contributed by atoms with Gasteiger partial charge < -0.3 is 19.7 Å². The van der Waals surface area contributed by atoms with Crippen LogP contribution < -0.4 is 10.1 Å². The first kappa shape index (κ1) is 21.0. The number of hydrogen-bond acceptors (Lipinski definition) is 4. The Bertz CT molecular complexity index is 1170. The molecule has 0 spiro atoms. The van der Waals surface area contributed by atoms with E-state index in [1.54, 1.807) is 43.5 Å². The van der Waals surface area contributed by atoms with Crippen molar-refractivity contribution in [1.29, 1.82) is 5.26 Å². The Balaban J connectivity index is 1.98. The number of carbonyl (C=O) groups excluding carboxylic acids is 1. The summed E-state index contributed by atoms with van der Waals surface area (Å²) in [5.41, 5.74) is 3.67. The van der Waals surface area contributed by atoms with Crippen molar-refractivity contribution < 1.29 is 14.6 Å². The van der Waals surface area contributed by atoms with Crippen LogP contribution in [0.5, 0.6) is 11.5 Å². The van der Waals surface area contributed by atoms with Gasteiger partial charge in [-0.3, -0.25) is 4.79 Å². The number of rotatable bonds is 5. The summed E-state index contributed by atoms with van der Waals surface area (Å²) in [7, 11) is 1.59. The molecule has 0 saturated carbocycles. The Morgan fingerprint density at radius 2 is 1.90 bits per heavy atom. The molecule has 0 aliphatic carbocycles. The summed E-state index contributed by atoms with van der Waals surface area (Å²) in [6.45, 7) is 3.82. The van der Waals surface area contributed by atoms with Crippen LogP contribution in [0.2, 0.25) is 5.02 Å². The number of hydrogen-bond donors (Lipinski definition) is 2. The zero-order chi connectivity index (χ0) is 21.8. The zero-order valence-corrected chi connectivity index (χ0v) is 17.5. The number of phenols is 1. The number of aryl methyl sites for hydroxylation is 1. The van der Waals surface area contributed by atoms with Crippen LogP contribution >= 0.6 is 11.6 Å². The first-order valence-corrected chi connectivity index (χ1v) is 9.47. The number of amides is 1. The van der Waals surface area contributed by atoms with Gasteiger partial charge >= 0.3 is 0 Å². The van der Waals surface area contributed by atoms with Crippen molar-refractivity contribution in [3.63, 3.8) is 0 Å². The first-order valence-electron chi connectivity index (χ1n) is 9.09. The van der Waals surface area contributed by atoms with Gasteiger partial charge in [-0.2, -0.15) is 5.26 Å². The van der Waals surface area contributed by atoms with Crippen LogP contribution in [0.15, 0.2) is 54.1 Å². The third-order valence-corrected chi connectivity index (χ3v) is 4.88. The molecular weight excluding hydrogens is 402 g/mol. The van der Waals surface area contributed by atoms with E-state index in [0.717, 1.165) is 22.6 Å². The van der Waals surface area contributed by atoms with Gasteiger partial charge in [0.05, 0.1) is 12.8 Å². The fraction of sp³-hybridized carbons (Fsp3) is 0.130. The number of anilines is 1. The molecule has 0 radical (unpaired) electrons. The Morgan fingerprint density at radius 3 is 2.53 bits per heavy atom. The van der Waals surface area contributed by atoms with Crippen molar-refractivity contribution in [2.45, 2.75) is 13.8 Å². The predicted molar refractivity (Wildman–Crippen MR) is 117 cm³/mol. The summed E-state index contributed by atoms with van der Waals surface area (Å²) in [5.74, 6) is 0.212. The highest BCUT2D eigenvalue weighted by Crippen LogP contribution is 2.31. The Morgan fingerprint density at radius 1 is 1.20 bits per heavy atom. The van der Waals surface area contributed by atoms with Crippen molar-refractivity contribution >= 4 is 29.3 Å². The number of ether oxygens (including phenoxy) is 1. The summed E-state index contributed by atoms with van der Waals surface area (Å²) in [6.07, 6.45) is 1.55. The number of phenolic OH excluding ortho intramolecular Hbond substituents is 1. The van der Waals surface area contributed by atoms with Crippen LogP contribution in [0.1, 0.15) is 17.0 Å². The molecule has 1 amide bonds. The van der Waals surface area contributed by atoms with Crippen LogP contribution in [-0.4, -0.2) is 22.7 Å². The third kappa shape index (κ3) is 4.32. The second kappa shape index (κ2) is 8.76. The van der Waals surface area contributed by atoms with E-state index in [9.17, 15) is 15.2 Å². The fourth-order valence-corrected chi connectivity index (χ4v) is 3.36. The van der Waals surface area contributed by atoms with Crippen LogP contribution in [0, 0.1) is 25.2 Å². The number of halogens is 1. The van der Waals surface area contributed by atoms with Crippen LogP contribution in [0.4, 0.5) is 5.69 Å². The molecule has 3 aromatic rings. The van der Waals surface area contributed by atoms with Crippen molar-refractivity contribution in [3.05, 3.63) is 76.1 Å². The average Bonchev–Trinajstić information content (AvgIpc) is 3.00. The SMILES string of the molecule is COc1ccc(Cl)cc1-n1c(C)cc(C=C(C#N)C(=O)Nc2ccc(O)cc2)c1C. The number of nitriles is 1. The van der Waals surface area contributed by atoms with Gasteiger partial charge in [-0.15, -0.1) is 0 Å². The van der Waals surface area contributed by atoms with Gasteiger partial charge in [0.2, 0.25) is 0 Å². The average molecular weight is 422 g/mol. The third-order valence-electron chi connectivity index (χ3n) is 4.64. The van der Waals surface area contributed by atoms with Crippen LogP contribution in [0.25, 0.3) is 11.8 Å². The van der Waals surface area contributed by atoms with E-state index in [-0.39, 0.29) is 11.3 Å². The fourth-order valence-electron chi connectivity index (χ4n) is 3.19. The summed E-state index contributed by atoms with van der Waals surface area (Å²) in [6, 6.07) is 15.2. The maximum absolute atomic E-state index is 12.5. The highest BCUT2D eigenvalue weighted by Gasteiger charge is 2.16. The molecule has 0 aliphatic heterocycles. The van der Waals surface area contributed by atoms with Gasteiger partial charge in [0.15, 0.2) is 0 Å². The van der Waals surface area contributed by atoms with Crippen molar-refractivity contribution in [1.82, 2.24) is 4.57 Å². The molecule has 0 bridgehead atoms. The Hall–Kier alpha value is -3.69. The minimum atomic E-state index is -0.534. The molecule has 3 rings (SSSR count). The second-order valence-electron chi connectivity index (χ2n) is 6.65. The molecular formula is C23H20ClN3O3. The number of carbonyl (C=O) groups is 1. The minimum Gasteiger partial charge on any atom is -0.508 e. The number of aromatic hydroxyl groups is 1. The van der Waals surface area contributed by atoms with Gasteiger partial charge in [-0.05, 0) is 74.0 Å². The van der Waals surface area contributed by atoms with Gasteiger partial charge in [-0.25, -0.2) is 0 Å². The lowest BCUT2D eigenvalue weighted by Crippen LogP contribution is -2.13. The van der Waals surface area contributed by atoms with Crippen molar-refractivity contribution in [3.8, 4) is 23.3 Å². The first-order chi connectivity index (χ1) is 14.3. The summed E-state index contributed by atoms with van der Waals surface area (Å²) in [4.78, 5) is 12.5. The largest absolute Gasteiger partial charge is 0.508 e. The van der Waals surface area contributed by atoms with E-state index < -0.39 is 5.91 Å². The normalized spacial score (nSPS) is 11.1. The number of nitrogens with zero attached hydrogens (tertiary/aromatic N) is 2. The van der Waals surface area contributed by atoms with Crippen molar-refractivity contribution in [2.75, 3.05) is 12.4 Å². The molecule has 7 heteroatoms. The zero-order valence-electron chi connectivity index (χ0n) is 16.7. The highest BCUT2D eigenvalue weighted by atomic mass is 35.5. The van der Waals surface area contributed by atoms with E-state index in [0.29, 0.717) is 16.5 Å². The number of nitrogens with one attached hydrogen (secondary N) is 1. The smallest absolute Gasteiger partial charge is 0.266 e.